The van der Waals surface area contributed by atoms with E-state index < -0.39 is 0 Å². The second-order valence-corrected chi connectivity index (χ2v) is 3.98. The molecule has 0 amide bonds. The summed E-state index contributed by atoms with van der Waals surface area (Å²) in [6.07, 6.45) is 1.58. The quantitative estimate of drug-likeness (QED) is 0.835. The van der Waals surface area contributed by atoms with Gasteiger partial charge in [0.05, 0.1) is 27.6 Å². The van der Waals surface area contributed by atoms with Gasteiger partial charge in [-0.25, -0.2) is 0 Å². The Morgan fingerprint density at radius 2 is 1.87 bits per heavy atom. The van der Waals surface area contributed by atoms with Gasteiger partial charge in [-0.2, -0.15) is 5.10 Å². The molecule has 5 heteroatoms. The Balaban J connectivity index is 2.74. The SMILES string of the molecule is Cn1ncc(N)c1-c1c(Cl)cccc1Cl. The lowest BCUT2D eigenvalue weighted by Gasteiger charge is -2.08. The third-order valence-corrected chi connectivity index (χ3v) is 2.80. The number of hydrogen-bond acceptors (Lipinski definition) is 2. The first-order valence-electron chi connectivity index (χ1n) is 4.33. The van der Waals surface area contributed by atoms with Crippen LogP contribution in [0, 0.1) is 0 Å². The lowest BCUT2D eigenvalue weighted by atomic mass is 10.1. The topological polar surface area (TPSA) is 43.8 Å². The Bertz CT molecular complexity index is 466. The van der Waals surface area contributed by atoms with Crippen molar-refractivity contribution in [3.05, 3.63) is 34.4 Å². The molecule has 0 aliphatic rings. The maximum Gasteiger partial charge on any atom is 0.0938 e. The molecule has 78 valence electrons. The molecule has 2 aromatic rings. The van der Waals surface area contributed by atoms with Crippen LogP contribution in [0.15, 0.2) is 24.4 Å². The van der Waals surface area contributed by atoms with Crippen LogP contribution >= 0.6 is 23.2 Å². The van der Waals surface area contributed by atoms with Crippen molar-refractivity contribution in [2.24, 2.45) is 7.05 Å². The van der Waals surface area contributed by atoms with Gasteiger partial charge < -0.3 is 5.73 Å². The number of hydrogen-bond donors (Lipinski definition) is 1. The summed E-state index contributed by atoms with van der Waals surface area (Å²) in [7, 11) is 1.80. The van der Waals surface area contributed by atoms with E-state index in [0.717, 1.165) is 11.3 Å². The summed E-state index contributed by atoms with van der Waals surface area (Å²) < 4.78 is 1.66. The maximum atomic E-state index is 6.08. The van der Waals surface area contributed by atoms with Crippen LogP contribution in [0.3, 0.4) is 0 Å². The van der Waals surface area contributed by atoms with E-state index in [-0.39, 0.29) is 0 Å². The van der Waals surface area contributed by atoms with Crippen LogP contribution in [0.4, 0.5) is 5.69 Å². The summed E-state index contributed by atoms with van der Waals surface area (Å²) in [4.78, 5) is 0. The van der Waals surface area contributed by atoms with E-state index in [9.17, 15) is 0 Å². The van der Waals surface area contributed by atoms with Crippen molar-refractivity contribution in [1.29, 1.82) is 0 Å². The van der Waals surface area contributed by atoms with Gasteiger partial charge in [-0.15, -0.1) is 0 Å². The minimum atomic E-state index is 0.563. The van der Waals surface area contributed by atoms with Crippen molar-refractivity contribution in [2.75, 3.05) is 5.73 Å². The monoisotopic (exact) mass is 241 g/mol. The molecule has 1 aromatic carbocycles. The number of rotatable bonds is 1. The summed E-state index contributed by atoms with van der Waals surface area (Å²) in [5.41, 5.74) is 7.84. The minimum Gasteiger partial charge on any atom is -0.396 e. The Morgan fingerprint density at radius 3 is 2.33 bits per heavy atom. The van der Waals surface area contributed by atoms with Crippen LogP contribution in [-0.4, -0.2) is 9.78 Å². The van der Waals surface area contributed by atoms with E-state index in [4.69, 9.17) is 28.9 Å². The minimum absolute atomic E-state index is 0.563. The average Bonchev–Trinajstić information content (AvgIpc) is 2.49. The van der Waals surface area contributed by atoms with Crippen molar-refractivity contribution < 1.29 is 0 Å². The number of aryl methyl sites for hydroxylation is 1. The highest BCUT2D eigenvalue weighted by molar-refractivity contribution is 6.39. The number of anilines is 1. The van der Waals surface area contributed by atoms with Crippen molar-refractivity contribution in [2.45, 2.75) is 0 Å². The number of nitrogens with two attached hydrogens (primary N) is 1. The van der Waals surface area contributed by atoms with E-state index in [1.165, 1.54) is 0 Å². The number of halogens is 2. The van der Waals surface area contributed by atoms with Crippen molar-refractivity contribution >= 4 is 28.9 Å². The zero-order valence-electron chi connectivity index (χ0n) is 8.04. The van der Waals surface area contributed by atoms with Gasteiger partial charge >= 0.3 is 0 Å². The molecule has 0 saturated carbocycles. The second kappa shape index (κ2) is 3.76. The standard InChI is InChI=1S/C10H9Cl2N3/c1-15-10(8(13)5-14-15)9-6(11)3-2-4-7(9)12/h2-5H,13H2,1H3. The normalized spacial score (nSPS) is 10.6. The van der Waals surface area contributed by atoms with Crippen LogP contribution in [0.25, 0.3) is 11.3 Å². The lowest BCUT2D eigenvalue weighted by Crippen LogP contribution is -1.97. The Labute approximate surface area is 97.4 Å². The highest BCUT2D eigenvalue weighted by atomic mass is 35.5. The largest absolute Gasteiger partial charge is 0.396 e. The Hall–Kier alpha value is -1.19. The average molecular weight is 242 g/mol. The first-order chi connectivity index (χ1) is 7.11. The first kappa shape index (κ1) is 10.3. The van der Waals surface area contributed by atoms with E-state index >= 15 is 0 Å². The fraction of sp³-hybridized carbons (Fsp3) is 0.100. The molecule has 0 aliphatic carbocycles. The summed E-state index contributed by atoms with van der Waals surface area (Å²) in [5, 5.41) is 5.18. The summed E-state index contributed by atoms with van der Waals surface area (Å²) in [6.45, 7) is 0. The van der Waals surface area contributed by atoms with Crippen LogP contribution in [0.1, 0.15) is 0 Å². The highest BCUT2D eigenvalue weighted by Crippen LogP contribution is 2.36. The van der Waals surface area contributed by atoms with Gasteiger partial charge in [0.15, 0.2) is 0 Å². The molecule has 2 N–H and O–H groups in total. The first-order valence-corrected chi connectivity index (χ1v) is 5.08. The summed E-state index contributed by atoms with van der Waals surface area (Å²) in [5.74, 6) is 0. The molecule has 0 aliphatic heterocycles. The van der Waals surface area contributed by atoms with Crippen LogP contribution in [0.5, 0.6) is 0 Å². The molecular formula is C10H9Cl2N3. The van der Waals surface area contributed by atoms with Crippen molar-refractivity contribution in [3.63, 3.8) is 0 Å². The Morgan fingerprint density at radius 1 is 1.27 bits per heavy atom. The summed E-state index contributed by atoms with van der Waals surface area (Å²) >= 11 is 12.2. The fourth-order valence-electron chi connectivity index (χ4n) is 1.48. The van der Waals surface area contributed by atoms with E-state index in [2.05, 4.69) is 5.10 Å². The predicted molar refractivity (Wildman–Crippen MR) is 63.1 cm³/mol. The van der Waals surface area contributed by atoms with Gasteiger partial charge in [-0.1, -0.05) is 29.3 Å². The molecule has 0 atom stereocenters. The van der Waals surface area contributed by atoms with Gasteiger partial charge in [0.25, 0.3) is 0 Å². The zero-order valence-corrected chi connectivity index (χ0v) is 9.55. The molecular weight excluding hydrogens is 233 g/mol. The third-order valence-electron chi connectivity index (χ3n) is 2.17. The molecule has 1 aromatic heterocycles. The predicted octanol–water partition coefficient (Wildman–Crippen LogP) is 2.98. The molecule has 3 nitrogen and oxygen atoms in total. The van der Waals surface area contributed by atoms with Crippen LogP contribution < -0.4 is 5.73 Å². The number of nitrogens with zero attached hydrogens (tertiary/aromatic N) is 2. The highest BCUT2D eigenvalue weighted by Gasteiger charge is 2.14. The van der Waals surface area contributed by atoms with Crippen molar-refractivity contribution in [1.82, 2.24) is 9.78 Å². The van der Waals surface area contributed by atoms with E-state index in [0.29, 0.717) is 15.7 Å². The number of benzene rings is 1. The maximum absolute atomic E-state index is 6.08. The molecule has 0 fully saturated rings. The smallest absolute Gasteiger partial charge is 0.0938 e. The van der Waals surface area contributed by atoms with Crippen LogP contribution in [-0.2, 0) is 7.05 Å². The lowest BCUT2D eigenvalue weighted by molar-refractivity contribution is 0.776. The molecule has 1 heterocycles. The van der Waals surface area contributed by atoms with E-state index in [1.807, 2.05) is 0 Å². The van der Waals surface area contributed by atoms with Gasteiger partial charge in [-0.05, 0) is 12.1 Å². The molecule has 0 radical (unpaired) electrons. The van der Waals surface area contributed by atoms with Gasteiger partial charge in [0.1, 0.15) is 0 Å². The molecule has 0 saturated heterocycles. The van der Waals surface area contributed by atoms with Gasteiger partial charge in [0, 0.05) is 12.6 Å². The second-order valence-electron chi connectivity index (χ2n) is 3.17. The van der Waals surface area contributed by atoms with Gasteiger partial charge in [0.2, 0.25) is 0 Å². The number of aromatic nitrogens is 2. The molecule has 0 spiro atoms. The van der Waals surface area contributed by atoms with Crippen molar-refractivity contribution in [3.8, 4) is 11.3 Å². The molecule has 0 unspecified atom stereocenters. The van der Waals surface area contributed by atoms with E-state index in [1.54, 1.807) is 36.1 Å². The number of nitrogen functional groups attached to an aromatic ring is 1. The fourth-order valence-corrected chi connectivity index (χ4v) is 2.06. The molecule has 15 heavy (non-hydrogen) atoms. The van der Waals surface area contributed by atoms with Crippen LogP contribution in [0.2, 0.25) is 10.0 Å². The Kier molecular flexibility index (Phi) is 2.59. The molecule has 0 bridgehead atoms. The third kappa shape index (κ3) is 1.68. The zero-order chi connectivity index (χ0) is 11.0. The molecule has 2 rings (SSSR count). The summed E-state index contributed by atoms with van der Waals surface area (Å²) in [6, 6.07) is 5.34. The van der Waals surface area contributed by atoms with Gasteiger partial charge in [-0.3, -0.25) is 4.68 Å².